The van der Waals surface area contributed by atoms with Crippen molar-refractivity contribution in [3.63, 3.8) is 0 Å². The molecule has 0 heterocycles. The monoisotopic (exact) mass is 281 g/mol. The minimum atomic E-state index is 0.788. The molecular formula is C18H19NO2. The molecule has 2 rings (SSSR count). The van der Waals surface area contributed by atoms with Gasteiger partial charge in [-0.2, -0.15) is 0 Å². The lowest BCUT2D eigenvalue weighted by atomic mass is 10.1. The molecule has 21 heavy (non-hydrogen) atoms. The number of ether oxygens (including phenoxy) is 2. The second-order valence-corrected chi connectivity index (χ2v) is 4.52. The fourth-order valence-corrected chi connectivity index (χ4v) is 1.86. The Labute approximate surface area is 125 Å². The topological polar surface area (TPSA) is 30.8 Å². The van der Waals surface area contributed by atoms with E-state index in [0.29, 0.717) is 0 Å². The Morgan fingerprint density at radius 1 is 1.00 bits per heavy atom. The van der Waals surface area contributed by atoms with Gasteiger partial charge in [0.25, 0.3) is 0 Å². The number of allylic oxidation sites excluding steroid dienone is 2. The first-order valence-electron chi connectivity index (χ1n) is 6.73. The predicted molar refractivity (Wildman–Crippen MR) is 86.4 cm³/mol. The number of hydrogen-bond donors (Lipinski definition) is 0. The standard InChI is InChI=1S/C18H19NO2/c1-14(20-2)12-18(15-8-5-4-6-9-15)19-16-10-7-11-17(13-16)21-3/h4-13H,1-3H3/b14-12+,19-18+. The van der Waals surface area contributed by atoms with E-state index in [9.17, 15) is 0 Å². The highest BCUT2D eigenvalue weighted by Crippen LogP contribution is 2.21. The van der Waals surface area contributed by atoms with Gasteiger partial charge in [-0.1, -0.05) is 36.4 Å². The smallest absolute Gasteiger partial charge is 0.121 e. The van der Waals surface area contributed by atoms with E-state index in [4.69, 9.17) is 14.5 Å². The Bertz CT molecular complexity index is 645. The lowest BCUT2D eigenvalue weighted by Gasteiger charge is -2.06. The van der Waals surface area contributed by atoms with Gasteiger partial charge >= 0.3 is 0 Å². The molecule has 108 valence electrons. The van der Waals surface area contributed by atoms with Gasteiger partial charge in [0.2, 0.25) is 0 Å². The van der Waals surface area contributed by atoms with Crippen LogP contribution in [-0.4, -0.2) is 19.9 Å². The van der Waals surface area contributed by atoms with Gasteiger partial charge in [-0.15, -0.1) is 0 Å². The third-order valence-electron chi connectivity index (χ3n) is 3.03. The first-order valence-corrected chi connectivity index (χ1v) is 6.73. The van der Waals surface area contributed by atoms with E-state index >= 15 is 0 Å². The summed E-state index contributed by atoms with van der Waals surface area (Å²) in [5.74, 6) is 1.59. The van der Waals surface area contributed by atoms with Crippen molar-refractivity contribution in [3.05, 3.63) is 72.0 Å². The van der Waals surface area contributed by atoms with E-state index in [2.05, 4.69) is 0 Å². The second kappa shape index (κ2) is 7.29. The highest BCUT2D eigenvalue weighted by molar-refractivity contribution is 6.10. The maximum atomic E-state index is 5.24. The molecule has 0 aliphatic carbocycles. The van der Waals surface area contributed by atoms with Crippen LogP contribution < -0.4 is 4.74 Å². The van der Waals surface area contributed by atoms with Gasteiger partial charge in [0.05, 0.1) is 31.4 Å². The lowest BCUT2D eigenvalue weighted by molar-refractivity contribution is 0.294. The van der Waals surface area contributed by atoms with E-state index in [-0.39, 0.29) is 0 Å². The molecule has 0 radical (unpaired) electrons. The molecule has 0 unspecified atom stereocenters. The van der Waals surface area contributed by atoms with Crippen LogP contribution in [0, 0.1) is 0 Å². The number of hydrogen-bond acceptors (Lipinski definition) is 3. The van der Waals surface area contributed by atoms with Crippen molar-refractivity contribution < 1.29 is 9.47 Å². The quantitative estimate of drug-likeness (QED) is 0.602. The number of benzene rings is 2. The zero-order valence-electron chi connectivity index (χ0n) is 12.5. The molecule has 0 saturated heterocycles. The summed E-state index contributed by atoms with van der Waals surface area (Å²) in [5.41, 5.74) is 2.73. The average Bonchev–Trinajstić information content (AvgIpc) is 2.55. The van der Waals surface area contributed by atoms with Crippen molar-refractivity contribution in [1.29, 1.82) is 0 Å². The average molecular weight is 281 g/mol. The molecule has 0 fully saturated rings. The summed E-state index contributed by atoms with van der Waals surface area (Å²) in [5, 5.41) is 0. The van der Waals surface area contributed by atoms with Gasteiger partial charge in [0.15, 0.2) is 0 Å². The van der Waals surface area contributed by atoms with Crippen molar-refractivity contribution >= 4 is 11.4 Å². The minimum absolute atomic E-state index is 0.788. The van der Waals surface area contributed by atoms with Crippen LogP contribution in [0.1, 0.15) is 12.5 Å². The maximum absolute atomic E-state index is 5.24. The summed E-state index contributed by atoms with van der Waals surface area (Å²) in [7, 11) is 3.30. The zero-order valence-corrected chi connectivity index (χ0v) is 12.5. The molecular weight excluding hydrogens is 262 g/mol. The Hall–Kier alpha value is -2.55. The summed E-state index contributed by atoms with van der Waals surface area (Å²) in [6.07, 6.45) is 1.93. The zero-order chi connectivity index (χ0) is 15.1. The molecule has 2 aromatic carbocycles. The first-order chi connectivity index (χ1) is 10.2. The van der Waals surface area contributed by atoms with Crippen LogP contribution in [0.3, 0.4) is 0 Å². The van der Waals surface area contributed by atoms with E-state index in [1.807, 2.05) is 67.6 Å². The third kappa shape index (κ3) is 4.21. The van der Waals surface area contributed by atoms with Crippen LogP contribution in [0.15, 0.2) is 71.4 Å². The minimum Gasteiger partial charge on any atom is -0.501 e. The molecule has 3 nitrogen and oxygen atoms in total. The summed E-state index contributed by atoms with van der Waals surface area (Å²) in [4.78, 5) is 4.71. The van der Waals surface area contributed by atoms with Gasteiger partial charge < -0.3 is 9.47 Å². The second-order valence-electron chi connectivity index (χ2n) is 4.52. The molecule has 0 N–H and O–H groups in total. The Balaban J connectivity index is 2.46. The Morgan fingerprint density at radius 3 is 2.43 bits per heavy atom. The highest BCUT2D eigenvalue weighted by Gasteiger charge is 2.03. The van der Waals surface area contributed by atoms with Gasteiger partial charge in [0.1, 0.15) is 5.75 Å². The summed E-state index contributed by atoms with van der Waals surface area (Å²) in [6.45, 7) is 1.91. The van der Waals surface area contributed by atoms with Crippen LogP contribution in [0.25, 0.3) is 0 Å². The van der Waals surface area contributed by atoms with Gasteiger partial charge in [0, 0.05) is 17.7 Å². The van der Waals surface area contributed by atoms with Crippen LogP contribution in [0.2, 0.25) is 0 Å². The summed E-state index contributed by atoms with van der Waals surface area (Å²) in [6, 6.07) is 17.7. The van der Waals surface area contributed by atoms with Crippen molar-refractivity contribution in [2.75, 3.05) is 14.2 Å². The molecule has 2 aromatic rings. The van der Waals surface area contributed by atoms with Crippen LogP contribution in [0.4, 0.5) is 5.69 Å². The van der Waals surface area contributed by atoms with Crippen molar-refractivity contribution in [2.45, 2.75) is 6.92 Å². The molecule has 0 atom stereocenters. The molecule has 3 heteroatoms. The fourth-order valence-electron chi connectivity index (χ4n) is 1.86. The predicted octanol–water partition coefficient (Wildman–Crippen LogP) is 4.37. The van der Waals surface area contributed by atoms with Crippen molar-refractivity contribution in [2.24, 2.45) is 4.99 Å². The molecule has 0 saturated carbocycles. The van der Waals surface area contributed by atoms with Crippen LogP contribution in [-0.2, 0) is 4.74 Å². The Morgan fingerprint density at radius 2 is 1.76 bits per heavy atom. The van der Waals surface area contributed by atoms with Crippen molar-refractivity contribution in [1.82, 2.24) is 0 Å². The van der Waals surface area contributed by atoms with Crippen molar-refractivity contribution in [3.8, 4) is 5.75 Å². The molecule has 0 amide bonds. The molecule has 0 aliphatic heterocycles. The first kappa shape index (κ1) is 14.9. The Kier molecular flexibility index (Phi) is 5.16. The SMILES string of the molecule is CO/C(C)=C/C(=N\c1cccc(OC)c1)c1ccccc1. The molecule has 0 aromatic heterocycles. The van der Waals surface area contributed by atoms with E-state index in [0.717, 1.165) is 28.5 Å². The molecule has 0 spiro atoms. The van der Waals surface area contributed by atoms with Crippen LogP contribution >= 0.6 is 0 Å². The van der Waals surface area contributed by atoms with Gasteiger partial charge in [-0.3, -0.25) is 0 Å². The van der Waals surface area contributed by atoms with E-state index in [1.165, 1.54) is 0 Å². The van der Waals surface area contributed by atoms with Crippen LogP contribution in [0.5, 0.6) is 5.75 Å². The fraction of sp³-hybridized carbons (Fsp3) is 0.167. The van der Waals surface area contributed by atoms with E-state index < -0.39 is 0 Å². The maximum Gasteiger partial charge on any atom is 0.121 e. The summed E-state index contributed by atoms with van der Waals surface area (Å²) >= 11 is 0. The molecule has 0 aliphatic rings. The summed E-state index contributed by atoms with van der Waals surface area (Å²) < 4.78 is 10.5. The third-order valence-corrected chi connectivity index (χ3v) is 3.03. The normalized spacial score (nSPS) is 12.1. The number of methoxy groups -OCH3 is 2. The van der Waals surface area contributed by atoms with E-state index in [1.54, 1.807) is 14.2 Å². The largest absolute Gasteiger partial charge is 0.501 e. The number of nitrogens with zero attached hydrogens (tertiary/aromatic N) is 1. The highest BCUT2D eigenvalue weighted by atomic mass is 16.5. The van der Waals surface area contributed by atoms with Gasteiger partial charge in [-0.05, 0) is 19.1 Å². The number of rotatable bonds is 5. The number of aliphatic imine (C=N–C) groups is 1. The van der Waals surface area contributed by atoms with Gasteiger partial charge in [-0.25, -0.2) is 4.99 Å². The lowest BCUT2D eigenvalue weighted by Crippen LogP contribution is -1.98. The molecule has 0 bridgehead atoms.